The molecule has 2 amide bonds. The smallest absolute Gasteiger partial charge is 0.270 e. The molecule has 0 bridgehead atoms. The monoisotopic (exact) mass is 319 g/mol. The summed E-state index contributed by atoms with van der Waals surface area (Å²) >= 11 is 0. The number of amides is 2. The molecule has 0 aliphatic carbocycles. The molecule has 0 aliphatic heterocycles. The molecule has 124 valence electrons. The molecule has 0 fully saturated rings. The molecule has 1 N–H and O–H groups in total. The van der Waals surface area contributed by atoms with Crippen LogP contribution in [-0.4, -0.2) is 41.4 Å². The maximum absolute atomic E-state index is 13.5. The Kier molecular flexibility index (Phi) is 4.73. The standard InChI is InChI=1S/C17H22FN3O2/c1-10(8-15(22)19-3)20(4)17(23)16-11(2)13-9-12(18)6-7-14(13)21(16)5/h6-7,9-10H,8H2,1-5H3,(H,19,22)/t10-/m1/s1. The summed E-state index contributed by atoms with van der Waals surface area (Å²) in [7, 11) is 5.03. The predicted molar refractivity (Wildman–Crippen MR) is 87.9 cm³/mol. The second-order valence-corrected chi connectivity index (χ2v) is 5.84. The van der Waals surface area contributed by atoms with E-state index in [1.54, 1.807) is 36.7 Å². The van der Waals surface area contributed by atoms with Crippen LogP contribution in [0.3, 0.4) is 0 Å². The van der Waals surface area contributed by atoms with Crippen molar-refractivity contribution < 1.29 is 14.0 Å². The number of rotatable bonds is 4. The van der Waals surface area contributed by atoms with Gasteiger partial charge in [-0.25, -0.2) is 4.39 Å². The summed E-state index contributed by atoms with van der Waals surface area (Å²) in [4.78, 5) is 25.9. The van der Waals surface area contributed by atoms with Crippen molar-refractivity contribution in [1.82, 2.24) is 14.8 Å². The Morgan fingerprint density at radius 3 is 2.65 bits per heavy atom. The van der Waals surface area contributed by atoms with Gasteiger partial charge in [0.1, 0.15) is 11.5 Å². The summed E-state index contributed by atoms with van der Waals surface area (Å²) in [5.74, 6) is -0.627. The van der Waals surface area contributed by atoms with E-state index in [1.165, 1.54) is 12.1 Å². The minimum absolute atomic E-state index is 0.118. The van der Waals surface area contributed by atoms with Gasteiger partial charge in [-0.05, 0) is 37.6 Å². The highest BCUT2D eigenvalue weighted by atomic mass is 19.1. The van der Waals surface area contributed by atoms with Crippen LogP contribution in [0.15, 0.2) is 18.2 Å². The number of aryl methyl sites for hydroxylation is 2. The Bertz CT molecular complexity index is 767. The topological polar surface area (TPSA) is 54.3 Å². The van der Waals surface area contributed by atoms with Crippen molar-refractivity contribution in [3.8, 4) is 0 Å². The van der Waals surface area contributed by atoms with Gasteiger partial charge < -0.3 is 14.8 Å². The average Bonchev–Trinajstić information content (AvgIpc) is 2.76. The number of halogens is 1. The Morgan fingerprint density at radius 2 is 2.04 bits per heavy atom. The number of hydrogen-bond acceptors (Lipinski definition) is 2. The zero-order valence-corrected chi connectivity index (χ0v) is 14.1. The molecule has 1 aromatic carbocycles. The minimum atomic E-state index is -0.327. The number of nitrogens with zero attached hydrogens (tertiary/aromatic N) is 2. The van der Waals surface area contributed by atoms with E-state index in [1.807, 2.05) is 13.8 Å². The van der Waals surface area contributed by atoms with Gasteiger partial charge in [0.05, 0.1) is 0 Å². The van der Waals surface area contributed by atoms with Crippen LogP contribution in [0.4, 0.5) is 4.39 Å². The van der Waals surface area contributed by atoms with E-state index in [9.17, 15) is 14.0 Å². The van der Waals surface area contributed by atoms with E-state index < -0.39 is 0 Å². The number of carbonyl (C=O) groups excluding carboxylic acids is 2. The van der Waals surface area contributed by atoms with E-state index in [2.05, 4.69) is 5.32 Å². The van der Waals surface area contributed by atoms with Crippen LogP contribution >= 0.6 is 0 Å². The third-order valence-electron chi connectivity index (χ3n) is 4.36. The van der Waals surface area contributed by atoms with Crippen molar-refractivity contribution in [3.63, 3.8) is 0 Å². The van der Waals surface area contributed by atoms with Crippen LogP contribution in [-0.2, 0) is 11.8 Å². The number of benzene rings is 1. The molecular formula is C17H22FN3O2. The quantitative estimate of drug-likeness (QED) is 0.939. The first-order valence-corrected chi connectivity index (χ1v) is 7.50. The van der Waals surface area contributed by atoms with Crippen molar-refractivity contribution in [3.05, 3.63) is 35.3 Å². The molecular weight excluding hydrogens is 297 g/mol. The van der Waals surface area contributed by atoms with E-state index in [0.29, 0.717) is 5.69 Å². The lowest BCUT2D eigenvalue weighted by molar-refractivity contribution is -0.121. The van der Waals surface area contributed by atoms with Crippen LogP contribution in [0.25, 0.3) is 10.9 Å². The number of carbonyl (C=O) groups is 2. The Morgan fingerprint density at radius 1 is 1.39 bits per heavy atom. The van der Waals surface area contributed by atoms with Crippen LogP contribution < -0.4 is 5.32 Å². The van der Waals surface area contributed by atoms with Crippen molar-refractivity contribution in [1.29, 1.82) is 0 Å². The summed E-state index contributed by atoms with van der Waals surface area (Å²) in [6, 6.07) is 4.25. The van der Waals surface area contributed by atoms with Gasteiger partial charge in [-0.3, -0.25) is 9.59 Å². The third kappa shape index (κ3) is 3.06. The molecule has 1 aromatic heterocycles. The first-order valence-electron chi connectivity index (χ1n) is 7.50. The first-order chi connectivity index (χ1) is 10.8. The largest absolute Gasteiger partial charge is 0.359 e. The molecule has 6 heteroatoms. The highest BCUT2D eigenvalue weighted by molar-refractivity contribution is 6.01. The minimum Gasteiger partial charge on any atom is -0.359 e. The molecule has 0 saturated heterocycles. The number of hydrogen-bond donors (Lipinski definition) is 1. The normalized spacial score (nSPS) is 12.3. The number of fused-ring (bicyclic) bond motifs is 1. The van der Waals surface area contributed by atoms with Gasteiger partial charge in [-0.1, -0.05) is 0 Å². The van der Waals surface area contributed by atoms with Crippen LogP contribution in [0.5, 0.6) is 0 Å². The van der Waals surface area contributed by atoms with Crippen LogP contribution in [0.2, 0.25) is 0 Å². The molecule has 0 radical (unpaired) electrons. The van der Waals surface area contributed by atoms with Gasteiger partial charge in [-0.2, -0.15) is 0 Å². The SMILES string of the molecule is CNC(=O)C[C@@H](C)N(C)C(=O)c1c(C)c2cc(F)ccc2n1C. The molecule has 1 atom stereocenters. The third-order valence-corrected chi connectivity index (χ3v) is 4.36. The fraction of sp³-hybridized carbons (Fsp3) is 0.412. The maximum atomic E-state index is 13.5. The summed E-state index contributed by atoms with van der Waals surface area (Å²) in [5.41, 5.74) is 2.06. The summed E-state index contributed by atoms with van der Waals surface area (Å²) in [5, 5.41) is 3.28. The predicted octanol–water partition coefficient (Wildman–Crippen LogP) is 2.22. The number of aromatic nitrogens is 1. The lowest BCUT2D eigenvalue weighted by atomic mass is 10.1. The van der Waals surface area contributed by atoms with Gasteiger partial charge in [0.15, 0.2) is 0 Å². The fourth-order valence-corrected chi connectivity index (χ4v) is 2.78. The van der Waals surface area contributed by atoms with Gasteiger partial charge in [0, 0.05) is 44.5 Å². The average molecular weight is 319 g/mol. The molecule has 0 spiro atoms. The van der Waals surface area contributed by atoms with Crippen molar-refractivity contribution >= 4 is 22.7 Å². The molecule has 0 unspecified atom stereocenters. The maximum Gasteiger partial charge on any atom is 0.270 e. The lowest BCUT2D eigenvalue weighted by Gasteiger charge is -2.25. The molecule has 0 aliphatic rings. The molecule has 5 nitrogen and oxygen atoms in total. The van der Waals surface area contributed by atoms with Crippen LogP contribution in [0.1, 0.15) is 29.4 Å². The molecule has 2 rings (SSSR count). The van der Waals surface area contributed by atoms with E-state index in [4.69, 9.17) is 0 Å². The molecule has 1 heterocycles. The van der Waals surface area contributed by atoms with Gasteiger partial charge in [0.25, 0.3) is 5.91 Å². The van der Waals surface area contributed by atoms with Crippen molar-refractivity contribution in [2.24, 2.45) is 7.05 Å². The molecule has 2 aromatic rings. The zero-order chi connectivity index (χ0) is 17.3. The highest BCUT2D eigenvalue weighted by Crippen LogP contribution is 2.26. The second-order valence-electron chi connectivity index (χ2n) is 5.84. The Hall–Kier alpha value is -2.37. The van der Waals surface area contributed by atoms with E-state index in [0.717, 1.165) is 16.5 Å². The highest BCUT2D eigenvalue weighted by Gasteiger charge is 2.25. The summed E-state index contributed by atoms with van der Waals surface area (Å²) in [6.07, 6.45) is 0.232. The summed E-state index contributed by atoms with van der Waals surface area (Å²) < 4.78 is 15.3. The first kappa shape index (κ1) is 17.0. The van der Waals surface area contributed by atoms with Crippen molar-refractivity contribution in [2.45, 2.75) is 26.3 Å². The molecule has 23 heavy (non-hydrogen) atoms. The van der Waals surface area contributed by atoms with E-state index in [-0.39, 0.29) is 30.1 Å². The zero-order valence-electron chi connectivity index (χ0n) is 14.1. The summed E-state index contributed by atoms with van der Waals surface area (Å²) in [6.45, 7) is 3.64. The van der Waals surface area contributed by atoms with Crippen molar-refractivity contribution in [2.75, 3.05) is 14.1 Å². The fourth-order valence-electron chi connectivity index (χ4n) is 2.78. The Labute approximate surface area is 135 Å². The van der Waals surface area contributed by atoms with Gasteiger partial charge in [-0.15, -0.1) is 0 Å². The Balaban J connectivity index is 2.39. The van der Waals surface area contributed by atoms with Crippen LogP contribution in [0, 0.1) is 12.7 Å². The van der Waals surface area contributed by atoms with Gasteiger partial charge >= 0.3 is 0 Å². The lowest BCUT2D eigenvalue weighted by Crippen LogP contribution is -2.39. The van der Waals surface area contributed by atoms with E-state index >= 15 is 0 Å². The molecule has 0 saturated carbocycles. The second kappa shape index (κ2) is 6.40. The van der Waals surface area contributed by atoms with Gasteiger partial charge in [0.2, 0.25) is 5.91 Å². The number of nitrogens with one attached hydrogen (secondary N) is 1.